The van der Waals surface area contributed by atoms with Gasteiger partial charge in [0.05, 0.1) is 13.0 Å². The average molecular weight is 526 g/mol. The summed E-state index contributed by atoms with van der Waals surface area (Å²) in [6, 6.07) is 11.5. The van der Waals surface area contributed by atoms with Gasteiger partial charge >= 0.3 is 11.9 Å². The minimum atomic E-state index is -0.869. The van der Waals surface area contributed by atoms with Gasteiger partial charge in [-0.25, -0.2) is 13.8 Å². The van der Waals surface area contributed by atoms with Crippen LogP contribution < -0.4 is 9.47 Å². The lowest BCUT2D eigenvalue weighted by Gasteiger charge is -2.27. The molecule has 7 nitrogen and oxygen atoms in total. The van der Waals surface area contributed by atoms with Crippen LogP contribution in [0.1, 0.15) is 60.3 Å². The molecule has 1 aromatic heterocycles. The van der Waals surface area contributed by atoms with E-state index in [0.717, 1.165) is 0 Å². The summed E-state index contributed by atoms with van der Waals surface area (Å²) >= 11 is 0. The first-order valence-electron chi connectivity index (χ1n) is 12.0. The van der Waals surface area contributed by atoms with Crippen LogP contribution in [0, 0.1) is 24.5 Å². The van der Waals surface area contributed by atoms with Gasteiger partial charge in [-0.1, -0.05) is 25.1 Å². The number of pyridine rings is 1. The Labute approximate surface area is 219 Å². The van der Waals surface area contributed by atoms with Crippen LogP contribution in [0.4, 0.5) is 8.78 Å². The highest BCUT2D eigenvalue weighted by atomic mass is 19.1. The molecule has 0 N–H and O–H groups in total. The quantitative estimate of drug-likeness (QED) is 0.252. The second-order valence-corrected chi connectivity index (χ2v) is 8.99. The monoisotopic (exact) mass is 525 g/mol. The Morgan fingerprint density at radius 3 is 2.24 bits per heavy atom. The molecule has 0 amide bonds. The first kappa shape index (κ1) is 28.4. The summed E-state index contributed by atoms with van der Waals surface area (Å²) in [4.78, 5) is 41.6. The standard InChI is InChI=1S/C29H29F2NO6/c1-16-14-22(31)10-11-23(16)26(20-6-8-21(30)9-7-20)18(3)37-29(35)17(2)15-24(34)27-28(38-19(4)33)25(36-5)12-13-32-27/h6-14,17-18,26H,15H2,1-5H3/t17-,18+,26-/m1/s1. The molecule has 0 aliphatic heterocycles. The van der Waals surface area contributed by atoms with E-state index < -0.39 is 47.3 Å². The second-order valence-electron chi connectivity index (χ2n) is 8.99. The van der Waals surface area contributed by atoms with Crippen LogP contribution in [0.3, 0.4) is 0 Å². The number of nitrogens with zero attached hydrogens (tertiary/aromatic N) is 1. The zero-order valence-corrected chi connectivity index (χ0v) is 21.8. The molecule has 0 saturated heterocycles. The predicted octanol–water partition coefficient (Wildman–Crippen LogP) is 5.57. The number of ketones is 1. The molecule has 3 aromatic rings. The molecule has 0 aliphatic rings. The first-order valence-corrected chi connectivity index (χ1v) is 12.0. The van der Waals surface area contributed by atoms with E-state index in [2.05, 4.69) is 4.98 Å². The van der Waals surface area contributed by atoms with Gasteiger partial charge in [-0.15, -0.1) is 0 Å². The number of esters is 2. The Bertz CT molecular complexity index is 1330. The number of benzene rings is 2. The molecule has 2 aromatic carbocycles. The summed E-state index contributed by atoms with van der Waals surface area (Å²) in [6.45, 7) is 6.15. The smallest absolute Gasteiger partial charge is 0.309 e. The van der Waals surface area contributed by atoms with Gasteiger partial charge in [0.2, 0.25) is 5.75 Å². The number of hydrogen-bond donors (Lipinski definition) is 0. The van der Waals surface area contributed by atoms with E-state index in [1.54, 1.807) is 32.0 Å². The van der Waals surface area contributed by atoms with Gasteiger partial charge in [-0.3, -0.25) is 14.4 Å². The van der Waals surface area contributed by atoms with Crippen molar-refractivity contribution < 1.29 is 37.4 Å². The van der Waals surface area contributed by atoms with Crippen LogP contribution in [-0.4, -0.2) is 35.9 Å². The summed E-state index contributed by atoms with van der Waals surface area (Å²) in [7, 11) is 1.36. The Morgan fingerprint density at radius 2 is 1.63 bits per heavy atom. The van der Waals surface area contributed by atoms with E-state index in [9.17, 15) is 23.2 Å². The molecule has 0 spiro atoms. The highest BCUT2D eigenvalue weighted by Gasteiger charge is 2.30. The molecule has 0 saturated carbocycles. The van der Waals surface area contributed by atoms with Crippen LogP contribution >= 0.6 is 0 Å². The normalized spacial score (nSPS) is 13.2. The van der Waals surface area contributed by atoms with Gasteiger partial charge in [-0.05, 0) is 54.8 Å². The van der Waals surface area contributed by atoms with Crippen LogP contribution in [0.25, 0.3) is 0 Å². The fourth-order valence-corrected chi connectivity index (χ4v) is 4.22. The lowest BCUT2D eigenvalue weighted by Crippen LogP contribution is -2.28. The van der Waals surface area contributed by atoms with Crippen molar-refractivity contribution >= 4 is 17.7 Å². The van der Waals surface area contributed by atoms with Gasteiger partial charge in [-0.2, -0.15) is 0 Å². The van der Waals surface area contributed by atoms with Crippen molar-refractivity contribution in [1.82, 2.24) is 4.98 Å². The minimum absolute atomic E-state index is 0.121. The third kappa shape index (κ3) is 6.79. The topological polar surface area (TPSA) is 91.8 Å². The Kier molecular flexibility index (Phi) is 9.28. The second kappa shape index (κ2) is 12.4. The number of Topliss-reactive ketones (excluding diaryl/α,β-unsaturated/α-hetero) is 1. The van der Waals surface area contributed by atoms with Crippen molar-refractivity contribution in [1.29, 1.82) is 0 Å². The summed E-state index contributed by atoms with van der Waals surface area (Å²) in [6.07, 6.45) is 0.334. The van der Waals surface area contributed by atoms with E-state index in [-0.39, 0.29) is 23.6 Å². The molecule has 200 valence electrons. The van der Waals surface area contributed by atoms with Gasteiger partial charge in [0, 0.05) is 31.5 Å². The third-order valence-corrected chi connectivity index (χ3v) is 6.06. The Morgan fingerprint density at radius 1 is 0.974 bits per heavy atom. The molecule has 1 heterocycles. The number of carbonyl (C=O) groups excluding carboxylic acids is 3. The van der Waals surface area contributed by atoms with Crippen LogP contribution in [0.15, 0.2) is 54.7 Å². The van der Waals surface area contributed by atoms with E-state index in [1.807, 2.05) is 0 Å². The molecule has 0 radical (unpaired) electrons. The van der Waals surface area contributed by atoms with Gasteiger partial charge < -0.3 is 14.2 Å². The van der Waals surface area contributed by atoms with Crippen molar-refractivity contribution in [2.24, 2.45) is 5.92 Å². The molecule has 0 fully saturated rings. The van der Waals surface area contributed by atoms with Crippen LogP contribution in [0.5, 0.6) is 11.5 Å². The first-order chi connectivity index (χ1) is 18.0. The number of rotatable bonds is 10. The fraction of sp³-hybridized carbons (Fsp3) is 0.310. The molecule has 38 heavy (non-hydrogen) atoms. The maximum atomic E-state index is 13.8. The molecule has 0 aliphatic carbocycles. The van der Waals surface area contributed by atoms with Gasteiger partial charge in [0.25, 0.3) is 0 Å². The Balaban J connectivity index is 1.82. The number of aryl methyl sites for hydroxylation is 1. The minimum Gasteiger partial charge on any atom is -0.493 e. The zero-order valence-electron chi connectivity index (χ0n) is 21.8. The van der Waals surface area contributed by atoms with Crippen molar-refractivity contribution in [3.05, 3.63) is 88.7 Å². The molecule has 0 bridgehead atoms. The summed E-state index contributed by atoms with van der Waals surface area (Å²) in [5.74, 6) is -4.01. The van der Waals surface area contributed by atoms with E-state index in [1.165, 1.54) is 57.5 Å². The Hall–Kier alpha value is -4.14. The SMILES string of the molecule is COc1ccnc(C(=O)C[C@@H](C)C(=O)O[C@@H](C)[C@H](c2ccc(F)cc2)c2ccc(F)cc2C)c1OC(C)=O. The predicted molar refractivity (Wildman–Crippen MR) is 135 cm³/mol. The number of halogens is 2. The maximum Gasteiger partial charge on any atom is 0.309 e. The maximum absolute atomic E-state index is 13.8. The summed E-state index contributed by atoms with van der Waals surface area (Å²) < 4.78 is 43.5. The largest absolute Gasteiger partial charge is 0.493 e. The van der Waals surface area contributed by atoms with Crippen molar-refractivity contribution in [3.63, 3.8) is 0 Å². The summed E-state index contributed by atoms with van der Waals surface area (Å²) in [5, 5.41) is 0. The highest BCUT2D eigenvalue weighted by molar-refractivity contribution is 5.99. The number of ether oxygens (including phenoxy) is 3. The van der Waals surface area contributed by atoms with E-state index in [4.69, 9.17) is 14.2 Å². The number of aromatic nitrogens is 1. The number of carbonyl (C=O) groups is 3. The molecule has 3 atom stereocenters. The number of methoxy groups -OCH3 is 1. The third-order valence-electron chi connectivity index (χ3n) is 6.06. The number of hydrogen-bond acceptors (Lipinski definition) is 7. The van der Waals surface area contributed by atoms with Crippen molar-refractivity contribution in [2.75, 3.05) is 7.11 Å². The van der Waals surface area contributed by atoms with Gasteiger partial charge in [0.15, 0.2) is 17.2 Å². The molecular weight excluding hydrogens is 496 g/mol. The zero-order chi connectivity index (χ0) is 28.0. The lowest BCUT2D eigenvalue weighted by molar-refractivity contribution is -0.153. The van der Waals surface area contributed by atoms with E-state index >= 15 is 0 Å². The fourth-order valence-electron chi connectivity index (χ4n) is 4.22. The van der Waals surface area contributed by atoms with Crippen LogP contribution in [-0.2, 0) is 14.3 Å². The van der Waals surface area contributed by atoms with Crippen LogP contribution in [0.2, 0.25) is 0 Å². The molecule has 3 rings (SSSR count). The molecule has 9 heteroatoms. The van der Waals surface area contributed by atoms with Gasteiger partial charge in [0.1, 0.15) is 17.7 Å². The highest BCUT2D eigenvalue weighted by Crippen LogP contribution is 2.34. The molecule has 0 unspecified atom stereocenters. The van der Waals surface area contributed by atoms with Crippen molar-refractivity contribution in [2.45, 2.75) is 46.1 Å². The average Bonchev–Trinajstić information content (AvgIpc) is 2.86. The van der Waals surface area contributed by atoms with E-state index in [0.29, 0.717) is 16.7 Å². The molecular formula is C29H29F2NO6. The lowest BCUT2D eigenvalue weighted by atomic mass is 9.84. The van der Waals surface area contributed by atoms with Crippen molar-refractivity contribution in [3.8, 4) is 11.5 Å². The summed E-state index contributed by atoms with van der Waals surface area (Å²) in [5.41, 5.74) is 1.90.